The molecule has 0 bridgehead atoms. The van der Waals surface area contributed by atoms with Crippen LogP contribution in [0.1, 0.15) is 50.6 Å². The average molecular weight is 449 g/mol. The maximum atomic E-state index is 13.0. The molecular formula is C26H28N2O3S. The Morgan fingerprint density at radius 2 is 1.78 bits per heavy atom. The monoisotopic (exact) mass is 448 g/mol. The molecule has 1 aliphatic carbocycles. The van der Waals surface area contributed by atoms with Crippen LogP contribution in [0.4, 0.5) is 5.69 Å². The summed E-state index contributed by atoms with van der Waals surface area (Å²) in [6.45, 7) is 4.12. The largest absolute Gasteiger partial charge is 0.345 e. The fourth-order valence-electron chi connectivity index (χ4n) is 4.21. The van der Waals surface area contributed by atoms with Gasteiger partial charge in [-0.05, 0) is 78.8 Å². The van der Waals surface area contributed by atoms with Gasteiger partial charge in [-0.3, -0.25) is 9.10 Å². The van der Waals surface area contributed by atoms with E-state index >= 15 is 0 Å². The van der Waals surface area contributed by atoms with Crippen LogP contribution in [-0.4, -0.2) is 20.6 Å². The zero-order chi connectivity index (χ0) is 22.9. The van der Waals surface area contributed by atoms with E-state index in [1.54, 1.807) is 18.2 Å². The van der Waals surface area contributed by atoms with Gasteiger partial charge < -0.3 is 5.32 Å². The van der Waals surface area contributed by atoms with Gasteiger partial charge in [0.15, 0.2) is 0 Å². The first-order valence-corrected chi connectivity index (χ1v) is 12.6. The number of sulfonamides is 1. The third kappa shape index (κ3) is 4.70. The number of benzene rings is 3. The predicted octanol–water partition coefficient (Wildman–Crippen LogP) is 4.69. The van der Waals surface area contributed by atoms with Crippen LogP contribution in [0.25, 0.3) is 0 Å². The molecule has 0 aromatic heterocycles. The molecule has 3 aromatic carbocycles. The summed E-state index contributed by atoms with van der Waals surface area (Å²) in [5.74, 6) is -0.148. The van der Waals surface area contributed by atoms with E-state index in [9.17, 15) is 13.2 Å². The van der Waals surface area contributed by atoms with Crippen molar-refractivity contribution < 1.29 is 13.2 Å². The third-order valence-corrected chi connectivity index (χ3v) is 7.27. The first kappa shape index (κ1) is 22.1. The van der Waals surface area contributed by atoms with E-state index in [0.717, 1.165) is 29.5 Å². The van der Waals surface area contributed by atoms with Crippen LogP contribution >= 0.6 is 0 Å². The number of hydrogen-bond acceptors (Lipinski definition) is 3. The molecule has 0 saturated carbocycles. The lowest BCUT2D eigenvalue weighted by atomic mass is 10.1. The SMILES string of the molecule is Cc1ccc(N(Cc2cccc(C(=O)NC3CCc4ccccc43)c2)S(C)(=O)=O)cc1C. The standard InChI is InChI=1S/C26H28N2O3S/c1-18-11-13-23(15-19(18)2)28(32(3,30)31)17-20-7-6-9-22(16-20)26(29)27-25-14-12-21-8-4-5-10-24(21)25/h4-11,13,15-16,25H,12,14,17H2,1-3H3,(H,27,29). The van der Waals surface area contributed by atoms with Gasteiger partial charge in [-0.1, -0.05) is 42.5 Å². The number of rotatable bonds is 6. The van der Waals surface area contributed by atoms with Gasteiger partial charge in [-0.15, -0.1) is 0 Å². The lowest BCUT2D eigenvalue weighted by Gasteiger charge is -2.23. The van der Waals surface area contributed by atoms with Crippen molar-refractivity contribution >= 4 is 21.6 Å². The van der Waals surface area contributed by atoms with E-state index in [1.807, 2.05) is 50.2 Å². The topological polar surface area (TPSA) is 66.5 Å². The van der Waals surface area contributed by atoms with Crippen LogP contribution in [0, 0.1) is 13.8 Å². The van der Waals surface area contributed by atoms with Gasteiger partial charge in [0.25, 0.3) is 5.91 Å². The summed E-state index contributed by atoms with van der Waals surface area (Å²) in [6, 6.07) is 21.0. The van der Waals surface area contributed by atoms with Gasteiger partial charge in [-0.25, -0.2) is 8.42 Å². The lowest BCUT2D eigenvalue weighted by Crippen LogP contribution is -2.30. The summed E-state index contributed by atoms with van der Waals surface area (Å²) < 4.78 is 26.5. The van der Waals surface area contributed by atoms with Crippen LogP contribution < -0.4 is 9.62 Å². The molecule has 166 valence electrons. The summed E-state index contributed by atoms with van der Waals surface area (Å²) >= 11 is 0. The molecule has 1 unspecified atom stereocenters. The zero-order valence-electron chi connectivity index (χ0n) is 18.6. The Morgan fingerprint density at radius 3 is 2.53 bits per heavy atom. The number of carbonyl (C=O) groups is 1. The third-order valence-electron chi connectivity index (χ3n) is 6.13. The van der Waals surface area contributed by atoms with E-state index in [2.05, 4.69) is 17.4 Å². The first-order chi connectivity index (χ1) is 15.2. The highest BCUT2D eigenvalue weighted by Crippen LogP contribution is 2.31. The van der Waals surface area contributed by atoms with E-state index < -0.39 is 10.0 Å². The Balaban J connectivity index is 1.55. The van der Waals surface area contributed by atoms with Crippen molar-refractivity contribution in [3.8, 4) is 0 Å². The fraction of sp³-hybridized carbons (Fsp3) is 0.269. The zero-order valence-corrected chi connectivity index (χ0v) is 19.4. The molecule has 4 rings (SSSR count). The van der Waals surface area contributed by atoms with Crippen LogP contribution in [0.5, 0.6) is 0 Å². The number of nitrogens with zero attached hydrogens (tertiary/aromatic N) is 1. The Morgan fingerprint density at radius 1 is 1.00 bits per heavy atom. The van der Waals surface area contributed by atoms with E-state index in [4.69, 9.17) is 0 Å². The predicted molar refractivity (Wildman–Crippen MR) is 128 cm³/mol. The second-order valence-electron chi connectivity index (χ2n) is 8.50. The molecule has 32 heavy (non-hydrogen) atoms. The maximum Gasteiger partial charge on any atom is 0.251 e. The normalized spacial score (nSPS) is 15.3. The summed E-state index contributed by atoms with van der Waals surface area (Å²) in [6.07, 6.45) is 3.05. The first-order valence-electron chi connectivity index (χ1n) is 10.7. The minimum Gasteiger partial charge on any atom is -0.345 e. The van der Waals surface area contributed by atoms with Crippen LogP contribution in [0.15, 0.2) is 66.7 Å². The second-order valence-corrected chi connectivity index (χ2v) is 10.4. The number of amides is 1. The number of anilines is 1. The highest BCUT2D eigenvalue weighted by molar-refractivity contribution is 7.92. The molecule has 1 atom stereocenters. The quantitative estimate of drug-likeness (QED) is 0.595. The van der Waals surface area contributed by atoms with Gasteiger partial charge in [0.05, 0.1) is 24.5 Å². The summed E-state index contributed by atoms with van der Waals surface area (Å²) in [5.41, 5.74) is 6.50. The van der Waals surface area contributed by atoms with Gasteiger partial charge in [0, 0.05) is 5.56 Å². The van der Waals surface area contributed by atoms with Crippen molar-refractivity contribution in [2.45, 2.75) is 39.3 Å². The average Bonchev–Trinajstić information content (AvgIpc) is 3.16. The molecule has 0 aliphatic heterocycles. The molecule has 0 heterocycles. The smallest absolute Gasteiger partial charge is 0.251 e. The minimum absolute atomic E-state index is 0.00501. The number of nitrogens with one attached hydrogen (secondary N) is 1. The van der Waals surface area contributed by atoms with E-state index in [-0.39, 0.29) is 18.5 Å². The lowest BCUT2D eigenvalue weighted by molar-refractivity contribution is 0.0936. The van der Waals surface area contributed by atoms with Crippen molar-refractivity contribution in [3.63, 3.8) is 0 Å². The molecule has 0 fully saturated rings. The van der Waals surface area contributed by atoms with Crippen molar-refractivity contribution in [1.82, 2.24) is 5.32 Å². The number of carbonyl (C=O) groups excluding carboxylic acids is 1. The Hall–Kier alpha value is -3.12. The van der Waals surface area contributed by atoms with E-state index in [0.29, 0.717) is 11.3 Å². The molecular weight excluding hydrogens is 420 g/mol. The summed E-state index contributed by atoms with van der Waals surface area (Å²) in [5, 5.41) is 3.14. The molecule has 6 heteroatoms. The molecule has 1 N–H and O–H groups in total. The van der Waals surface area contributed by atoms with Gasteiger partial charge in [0.1, 0.15) is 0 Å². The van der Waals surface area contributed by atoms with E-state index in [1.165, 1.54) is 21.7 Å². The van der Waals surface area contributed by atoms with Crippen molar-refractivity contribution in [1.29, 1.82) is 0 Å². The molecule has 1 amide bonds. The number of aryl methyl sites for hydroxylation is 3. The molecule has 0 saturated heterocycles. The highest BCUT2D eigenvalue weighted by Gasteiger charge is 2.24. The number of fused-ring (bicyclic) bond motifs is 1. The van der Waals surface area contributed by atoms with Gasteiger partial charge in [-0.2, -0.15) is 0 Å². The minimum atomic E-state index is -3.50. The summed E-state index contributed by atoms with van der Waals surface area (Å²) in [7, 11) is -3.50. The maximum absolute atomic E-state index is 13.0. The van der Waals surface area contributed by atoms with Gasteiger partial charge in [0.2, 0.25) is 10.0 Å². The van der Waals surface area contributed by atoms with Crippen molar-refractivity contribution in [3.05, 3.63) is 100 Å². The van der Waals surface area contributed by atoms with Crippen LogP contribution in [0.3, 0.4) is 0 Å². The Kier molecular flexibility index (Phi) is 6.07. The molecule has 3 aromatic rings. The molecule has 5 nitrogen and oxygen atoms in total. The van der Waals surface area contributed by atoms with Crippen molar-refractivity contribution in [2.75, 3.05) is 10.6 Å². The van der Waals surface area contributed by atoms with Crippen LogP contribution in [0.2, 0.25) is 0 Å². The molecule has 0 radical (unpaired) electrons. The van der Waals surface area contributed by atoms with Crippen molar-refractivity contribution in [2.24, 2.45) is 0 Å². The Labute approximate surface area is 190 Å². The summed E-state index contributed by atoms with van der Waals surface area (Å²) in [4.78, 5) is 13.0. The number of hydrogen-bond donors (Lipinski definition) is 1. The van der Waals surface area contributed by atoms with Crippen LogP contribution in [-0.2, 0) is 23.0 Å². The van der Waals surface area contributed by atoms with Gasteiger partial charge >= 0.3 is 0 Å². The highest BCUT2D eigenvalue weighted by atomic mass is 32.2. The second kappa shape index (κ2) is 8.79. The fourth-order valence-corrected chi connectivity index (χ4v) is 5.09. The Bertz CT molecular complexity index is 1270. The molecule has 1 aliphatic rings. The molecule has 0 spiro atoms.